The lowest BCUT2D eigenvalue weighted by Gasteiger charge is -2.07. The highest BCUT2D eigenvalue weighted by Gasteiger charge is 2.61. The fraction of sp³-hybridized carbons (Fsp3) is 0.316. The van der Waals surface area contributed by atoms with Crippen LogP contribution in [-0.4, -0.2) is 12.1 Å². The quantitative estimate of drug-likeness (QED) is 0.736. The number of halogens is 4. The van der Waals surface area contributed by atoms with E-state index in [1.807, 2.05) is 36.4 Å². The van der Waals surface area contributed by atoms with Crippen LogP contribution in [0.15, 0.2) is 53.6 Å². The van der Waals surface area contributed by atoms with Gasteiger partial charge in [-0.15, -0.1) is 0 Å². The average molecular weight is 368 g/mol. The Hall–Kier alpha value is -2.01. The zero-order chi connectivity index (χ0) is 18.4. The number of fused-ring (bicyclic) bond motifs is 1. The zero-order valence-corrected chi connectivity index (χ0v) is 14.4. The first kappa shape index (κ1) is 17.8. The van der Waals surface area contributed by atoms with Crippen LogP contribution >= 0.6 is 11.6 Å². The minimum atomic E-state index is -4.58. The molecule has 0 radical (unpaired) electrons. The maximum Gasteiger partial charge on any atom is 0.426 e. The third kappa shape index (κ3) is 3.52. The molecule has 132 valence electrons. The molecule has 1 aliphatic carbocycles. The molecule has 2 aromatic rings. The Balaban J connectivity index is 1.76. The molecule has 0 aliphatic heterocycles. The van der Waals surface area contributed by atoms with Gasteiger partial charge in [0, 0.05) is 5.69 Å². The number of nitrogens with one attached hydrogen (secondary N) is 1. The van der Waals surface area contributed by atoms with Gasteiger partial charge in [-0.05, 0) is 34.2 Å². The van der Waals surface area contributed by atoms with E-state index in [1.54, 1.807) is 19.9 Å². The molecule has 0 saturated heterocycles. The number of rotatable bonds is 3. The Labute approximate surface area is 148 Å². The van der Waals surface area contributed by atoms with Crippen molar-refractivity contribution in [3.8, 4) is 0 Å². The third-order valence-corrected chi connectivity index (χ3v) is 5.15. The summed E-state index contributed by atoms with van der Waals surface area (Å²) >= 11 is 5.32. The Kier molecular flexibility index (Phi) is 4.31. The lowest BCUT2D eigenvalue weighted by Crippen LogP contribution is -2.16. The topological polar surface area (TPSA) is 29.1 Å². The highest BCUT2D eigenvalue weighted by Crippen LogP contribution is 2.60. The summed E-state index contributed by atoms with van der Waals surface area (Å²) in [6, 6.07) is 13.2. The number of carbonyl (C=O) groups excluding carboxylic acids is 1. The first-order chi connectivity index (χ1) is 11.6. The lowest BCUT2D eigenvalue weighted by molar-refractivity contribution is -0.118. The first-order valence-electron chi connectivity index (χ1n) is 7.85. The Bertz CT molecular complexity index is 857. The molecule has 0 heterocycles. The van der Waals surface area contributed by atoms with E-state index in [0.717, 1.165) is 16.8 Å². The highest BCUT2D eigenvalue weighted by atomic mass is 35.5. The summed E-state index contributed by atoms with van der Waals surface area (Å²) in [7, 11) is 0. The summed E-state index contributed by atoms with van der Waals surface area (Å²) < 4.78 is 37.8. The van der Waals surface area contributed by atoms with Crippen LogP contribution in [0, 0.1) is 17.3 Å². The van der Waals surface area contributed by atoms with E-state index >= 15 is 0 Å². The largest absolute Gasteiger partial charge is 0.426 e. The summed E-state index contributed by atoms with van der Waals surface area (Å²) in [5.74, 6) is -1.38. The maximum absolute atomic E-state index is 12.6. The summed E-state index contributed by atoms with van der Waals surface area (Å²) in [5.41, 5.74) is 0.0582. The number of carbonyl (C=O) groups is 1. The summed E-state index contributed by atoms with van der Waals surface area (Å²) in [6.07, 6.45) is -3.63. The molecule has 2 aromatic carbocycles. The minimum absolute atomic E-state index is 0.298. The number of anilines is 1. The van der Waals surface area contributed by atoms with Crippen molar-refractivity contribution in [2.45, 2.75) is 20.0 Å². The molecule has 1 fully saturated rings. The molecule has 1 amide bonds. The fourth-order valence-corrected chi connectivity index (χ4v) is 3.36. The third-order valence-electron chi connectivity index (χ3n) is 4.81. The van der Waals surface area contributed by atoms with Crippen molar-refractivity contribution in [3.05, 3.63) is 53.6 Å². The SMILES string of the molecule is CC1(C)C(/C=C(/Cl)C(F)(F)F)C1C(=O)Nc1ccc2ccccc2c1. The van der Waals surface area contributed by atoms with Crippen molar-refractivity contribution in [2.75, 3.05) is 5.32 Å². The predicted molar refractivity (Wildman–Crippen MR) is 93.3 cm³/mol. The van der Waals surface area contributed by atoms with Crippen LogP contribution in [0.25, 0.3) is 10.8 Å². The summed E-state index contributed by atoms with van der Waals surface area (Å²) in [5, 5.41) is 3.65. The fourth-order valence-electron chi connectivity index (χ4n) is 3.23. The average Bonchev–Trinajstić information content (AvgIpc) is 3.07. The van der Waals surface area contributed by atoms with Crippen LogP contribution in [0.1, 0.15) is 13.8 Å². The van der Waals surface area contributed by atoms with Crippen LogP contribution < -0.4 is 5.32 Å². The molecule has 2 atom stereocenters. The molecular formula is C19H17ClF3NO. The minimum Gasteiger partial charge on any atom is -0.326 e. The number of amides is 1. The first-order valence-corrected chi connectivity index (χ1v) is 8.22. The summed E-state index contributed by atoms with van der Waals surface area (Å²) in [6.45, 7) is 3.53. The molecule has 25 heavy (non-hydrogen) atoms. The van der Waals surface area contributed by atoms with Crippen molar-refractivity contribution in [1.29, 1.82) is 0 Å². The van der Waals surface area contributed by atoms with E-state index in [1.165, 1.54) is 0 Å². The van der Waals surface area contributed by atoms with E-state index in [4.69, 9.17) is 11.6 Å². The maximum atomic E-state index is 12.6. The lowest BCUT2D eigenvalue weighted by atomic mass is 10.1. The van der Waals surface area contributed by atoms with Crippen LogP contribution in [0.4, 0.5) is 18.9 Å². The van der Waals surface area contributed by atoms with Crippen LogP contribution in [0.5, 0.6) is 0 Å². The van der Waals surface area contributed by atoms with Gasteiger partial charge in [-0.25, -0.2) is 0 Å². The van der Waals surface area contributed by atoms with E-state index in [0.29, 0.717) is 5.69 Å². The zero-order valence-electron chi connectivity index (χ0n) is 13.7. The van der Waals surface area contributed by atoms with Gasteiger partial charge in [0.15, 0.2) is 0 Å². The normalized spacial score (nSPS) is 22.7. The van der Waals surface area contributed by atoms with Crippen LogP contribution in [-0.2, 0) is 4.79 Å². The van der Waals surface area contributed by atoms with Crippen molar-refractivity contribution < 1.29 is 18.0 Å². The number of hydrogen-bond acceptors (Lipinski definition) is 1. The van der Waals surface area contributed by atoms with Crippen LogP contribution in [0.3, 0.4) is 0 Å². The molecule has 0 bridgehead atoms. The number of hydrogen-bond donors (Lipinski definition) is 1. The number of allylic oxidation sites excluding steroid dienone is 2. The number of alkyl halides is 3. The van der Waals surface area contributed by atoms with Gasteiger partial charge in [0.25, 0.3) is 0 Å². The van der Waals surface area contributed by atoms with Crippen LogP contribution in [0.2, 0.25) is 0 Å². The van der Waals surface area contributed by atoms with Crippen molar-refractivity contribution in [3.63, 3.8) is 0 Å². The van der Waals surface area contributed by atoms with Gasteiger partial charge in [0.1, 0.15) is 5.03 Å². The van der Waals surface area contributed by atoms with Gasteiger partial charge >= 0.3 is 6.18 Å². The van der Waals surface area contributed by atoms with Crippen molar-refractivity contribution >= 4 is 34.0 Å². The molecule has 0 aromatic heterocycles. The monoisotopic (exact) mass is 367 g/mol. The van der Waals surface area contributed by atoms with Gasteiger partial charge < -0.3 is 5.32 Å². The molecular weight excluding hydrogens is 351 g/mol. The second kappa shape index (κ2) is 6.06. The molecule has 1 N–H and O–H groups in total. The molecule has 3 rings (SSSR count). The van der Waals surface area contributed by atoms with Gasteiger partial charge in [-0.1, -0.05) is 61.9 Å². The second-order valence-corrected chi connectivity index (χ2v) is 7.30. The van der Waals surface area contributed by atoms with Gasteiger partial charge in [-0.3, -0.25) is 4.79 Å². The smallest absolute Gasteiger partial charge is 0.326 e. The van der Waals surface area contributed by atoms with Gasteiger partial charge in [0.2, 0.25) is 5.91 Å². The van der Waals surface area contributed by atoms with Gasteiger partial charge in [-0.2, -0.15) is 13.2 Å². The van der Waals surface area contributed by atoms with Crippen molar-refractivity contribution in [1.82, 2.24) is 0 Å². The standard InChI is InChI=1S/C19H17ClF3NO/c1-18(2)14(10-15(20)19(21,22)23)16(18)17(25)24-13-8-7-11-5-3-4-6-12(11)9-13/h3-10,14,16H,1-2H3,(H,24,25)/b15-10+. The second-order valence-electron chi connectivity index (χ2n) is 6.89. The summed E-state index contributed by atoms with van der Waals surface area (Å²) in [4.78, 5) is 12.5. The van der Waals surface area contributed by atoms with E-state index in [-0.39, 0.29) is 5.91 Å². The Morgan fingerprint density at radius 2 is 1.80 bits per heavy atom. The molecule has 0 spiro atoms. The predicted octanol–water partition coefficient (Wildman–Crippen LogP) is 5.74. The molecule has 2 unspecified atom stereocenters. The highest BCUT2D eigenvalue weighted by molar-refractivity contribution is 6.30. The molecule has 1 aliphatic rings. The Morgan fingerprint density at radius 3 is 2.44 bits per heavy atom. The van der Waals surface area contributed by atoms with Crippen molar-refractivity contribution in [2.24, 2.45) is 17.3 Å². The molecule has 1 saturated carbocycles. The molecule has 6 heteroatoms. The van der Waals surface area contributed by atoms with Gasteiger partial charge in [0.05, 0.1) is 5.92 Å². The molecule has 2 nitrogen and oxygen atoms in total. The Morgan fingerprint density at radius 1 is 1.16 bits per heavy atom. The van der Waals surface area contributed by atoms with E-state index in [9.17, 15) is 18.0 Å². The van der Waals surface area contributed by atoms with E-state index in [2.05, 4.69) is 5.32 Å². The number of benzene rings is 2. The van der Waals surface area contributed by atoms with E-state index < -0.39 is 28.5 Å².